The highest BCUT2D eigenvalue weighted by Gasteiger charge is 2.39. The Kier molecular flexibility index (Phi) is 6.25. The highest BCUT2D eigenvalue weighted by atomic mass is 32.1. The zero-order chi connectivity index (χ0) is 16.8. The van der Waals surface area contributed by atoms with Crippen LogP contribution in [0.4, 0.5) is 0 Å². The van der Waals surface area contributed by atoms with Gasteiger partial charge >= 0.3 is 0 Å². The molecule has 0 bridgehead atoms. The first kappa shape index (κ1) is 17.8. The maximum atomic E-state index is 12.5. The van der Waals surface area contributed by atoms with Gasteiger partial charge in [-0.25, -0.2) is 4.98 Å². The van der Waals surface area contributed by atoms with Crippen LogP contribution >= 0.6 is 11.3 Å². The molecule has 2 fully saturated rings. The van der Waals surface area contributed by atoms with E-state index in [1.165, 1.54) is 37.8 Å². The first-order valence-corrected chi connectivity index (χ1v) is 10.1. The predicted octanol–water partition coefficient (Wildman–Crippen LogP) is 2.62. The number of nitrogens with zero attached hydrogens (tertiary/aromatic N) is 1. The number of carbonyl (C=O) groups excluding carboxylic acids is 1. The molecule has 1 aliphatic carbocycles. The Bertz CT molecular complexity index is 534. The lowest BCUT2D eigenvalue weighted by Gasteiger charge is -2.34. The van der Waals surface area contributed by atoms with Gasteiger partial charge in [0.2, 0.25) is 0 Å². The topological polar surface area (TPSA) is 63.2 Å². The number of hydrogen-bond donors (Lipinski definition) is 2. The van der Waals surface area contributed by atoms with Gasteiger partial charge in [0.25, 0.3) is 5.91 Å². The summed E-state index contributed by atoms with van der Waals surface area (Å²) in [6.45, 7) is 2.30. The maximum absolute atomic E-state index is 12.5. The molecule has 3 rings (SSSR count). The molecular formula is C18H29N3O2S. The first-order valence-electron chi connectivity index (χ1n) is 9.22. The van der Waals surface area contributed by atoms with Gasteiger partial charge in [-0.15, -0.1) is 11.3 Å². The van der Waals surface area contributed by atoms with Gasteiger partial charge < -0.3 is 15.4 Å². The highest BCUT2D eigenvalue weighted by molar-refractivity contribution is 7.09. The summed E-state index contributed by atoms with van der Waals surface area (Å²) in [7, 11) is 1.64. The minimum atomic E-state index is -0.651. The molecule has 0 spiro atoms. The lowest BCUT2D eigenvalue weighted by Crippen LogP contribution is -2.54. The fraction of sp³-hybridized carbons (Fsp3) is 0.778. The Morgan fingerprint density at radius 3 is 2.83 bits per heavy atom. The molecule has 2 N–H and O–H groups in total. The fourth-order valence-electron chi connectivity index (χ4n) is 3.82. The van der Waals surface area contributed by atoms with Gasteiger partial charge in [0.1, 0.15) is 5.60 Å². The van der Waals surface area contributed by atoms with Gasteiger partial charge in [-0.05, 0) is 38.8 Å². The van der Waals surface area contributed by atoms with Gasteiger partial charge in [-0.1, -0.05) is 19.3 Å². The van der Waals surface area contributed by atoms with Crippen LogP contribution in [0.1, 0.15) is 61.6 Å². The molecule has 5 nitrogen and oxygen atoms in total. The number of piperidine rings is 1. The number of carbonyl (C=O) groups is 1. The molecule has 0 aromatic carbocycles. The molecule has 2 aliphatic rings. The Hall–Kier alpha value is -0.980. The Morgan fingerprint density at radius 2 is 2.12 bits per heavy atom. The van der Waals surface area contributed by atoms with Crippen LogP contribution in [0.25, 0.3) is 0 Å². The van der Waals surface area contributed by atoms with E-state index in [-0.39, 0.29) is 5.91 Å². The number of thiazole rings is 1. The average molecular weight is 352 g/mol. The zero-order valence-corrected chi connectivity index (χ0v) is 15.4. The number of ether oxygens (including phenoxy) is 1. The van der Waals surface area contributed by atoms with Crippen molar-refractivity contribution in [3.63, 3.8) is 0 Å². The summed E-state index contributed by atoms with van der Waals surface area (Å²) in [5.41, 5.74) is 0.620. The van der Waals surface area contributed by atoms with Crippen LogP contribution in [-0.2, 0) is 16.0 Å². The molecule has 0 unspecified atom stereocenters. The zero-order valence-electron chi connectivity index (χ0n) is 14.6. The molecule has 1 aromatic rings. The van der Waals surface area contributed by atoms with Crippen molar-refractivity contribution in [2.24, 2.45) is 0 Å². The Labute approximate surface area is 148 Å². The third-order valence-corrected chi connectivity index (χ3v) is 6.36. The quantitative estimate of drug-likeness (QED) is 0.827. The highest BCUT2D eigenvalue weighted by Crippen LogP contribution is 2.33. The largest absolute Gasteiger partial charge is 0.368 e. The van der Waals surface area contributed by atoms with Gasteiger partial charge in [0.05, 0.1) is 10.7 Å². The van der Waals surface area contributed by atoms with Crippen molar-refractivity contribution in [3.8, 4) is 0 Å². The molecular weight excluding hydrogens is 322 g/mol. The summed E-state index contributed by atoms with van der Waals surface area (Å²) >= 11 is 1.73. The van der Waals surface area contributed by atoms with E-state index in [0.717, 1.165) is 37.4 Å². The lowest BCUT2D eigenvalue weighted by molar-refractivity contribution is -0.146. The molecule has 24 heavy (non-hydrogen) atoms. The van der Waals surface area contributed by atoms with Crippen molar-refractivity contribution in [2.45, 2.75) is 62.9 Å². The molecule has 6 heteroatoms. The fourth-order valence-corrected chi connectivity index (χ4v) is 4.70. The minimum Gasteiger partial charge on any atom is -0.368 e. The lowest BCUT2D eigenvalue weighted by atomic mass is 9.87. The number of aromatic nitrogens is 1. The van der Waals surface area contributed by atoms with Crippen molar-refractivity contribution < 1.29 is 9.53 Å². The number of nitrogens with one attached hydrogen (secondary N) is 2. The summed E-state index contributed by atoms with van der Waals surface area (Å²) in [5, 5.41) is 9.68. The number of amides is 1. The van der Waals surface area contributed by atoms with Crippen LogP contribution in [-0.4, -0.2) is 43.2 Å². The van der Waals surface area contributed by atoms with Crippen molar-refractivity contribution >= 4 is 17.2 Å². The summed E-state index contributed by atoms with van der Waals surface area (Å²) < 4.78 is 5.56. The number of hydrogen-bond acceptors (Lipinski definition) is 5. The number of rotatable bonds is 6. The second-order valence-corrected chi connectivity index (χ2v) is 7.90. The Morgan fingerprint density at radius 1 is 1.38 bits per heavy atom. The van der Waals surface area contributed by atoms with Gasteiger partial charge in [0, 0.05) is 31.4 Å². The van der Waals surface area contributed by atoms with Crippen molar-refractivity contribution in [1.29, 1.82) is 0 Å². The van der Waals surface area contributed by atoms with Crippen molar-refractivity contribution in [2.75, 3.05) is 26.7 Å². The van der Waals surface area contributed by atoms with E-state index in [1.54, 1.807) is 18.4 Å². The van der Waals surface area contributed by atoms with Gasteiger partial charge in [0.15, 0.2) is 0 Å². The summed E-state index contributed by atoms with van der Waals surface area (Å²) in [5.74, 6) is 0.681. The maximum Gasteiger partial charge on any atom is 0.252 e. The second-order valence-electron chi connectivity index (χ2n) is 6.96. The van der Waals surface area contributed by atoms with Crippen LogP contribution in [0.5, 0.6) is 0 Å². The molecule has 1 aliphatic heterocycles. The van der Waals surface area contributed by atoms with E-state index in [1.807, 2.05) is 0 Å². The molecule has 1 aromatic heterocycles. The molecule has 1 amide bonds. The van der Waals surface area contributed by atoms with Crippen LogP contribution in [0.2, 0.25) is 0 Å². The smallest absolute Gasteiger partial charge is 0.252 e. The van der Waals surface area contributed by atoms with E-state index in [9.17, 15) is 4.79 Å². The standard InChI is InChI=1S/C18H29N3O2S/c1-23-18(8-11-19-12-9-18)17(22)20-10-7-16-21-15(13-24-16)14-5-3-2-4-6-14/h13-14,19H,2-12H2,1H3,(H,20,22). The van der Waals surface area contributed by atoms with E-state index in [4.69, 9.17) is 9.72 Å². The summed E-state index contributed by atoms with van der Waals surface area (Å²) in [6.07, 6.45) is 8.88. The van der Waals surface area contributed by atoms with Crippen LogP contribution in [0.3, 0.4) is 0 Å². The minimum absolute atomic E-state index is 0.0237. The monoisotopic (exact) mass is 351 g/mol. The van der Waals surface area contributed by atoms with Crippen LogP contribution < -0.4 is 10.6 Å². The second kappa shape index (κ2) is 8.41. The summed E-state index contributed by atoms with van der Waals surface area (Å²) in [4.78, 5) is 17.3. The normalized spacial score (nSPS) is 21.5. The third kappa shape index (κ3) is 4.16. The van der Waals surface area contributed by atoms with E-state index < -0.39 is 5.60 Å². The molecule has 0 atom stereocenters. The van der Waals surface area contributed by atoms with E-state index >= 15 is 0 Å². The van der Waals surface area contributed by atoms with Crippen LogP contribution in [0.15, 0.2) is 5.38 Å². The number of methoxy groups -OCH3 is 1. The molecule has 1 saturated heterocycles. The molecule has 0 radical (unpaired) electrons. The van der Waals surface area contributed by atoms with E-state index in [0.29, 0.717) is 12.5 Å². The average Bonchev–Trinajstić information content (AvgIpc) is 3.12. The molecule has 2 heterocycles. The first-order chi connectivity index (χ1) is 11.7. The van der Waals surface area contributed by atoms with Gasteiger partial charge in [-0.2, -0.15) is 0 Å². The van der Waals surface area contributed by atoms with Crippen LogP contribution in [0, 0.1) is 0 Å². The third-order valence-electron chi connectivity index (χ3n) is 5.43. The van der Waals surface area contributed by atoms with Crippen molar-refractivity contribution in [3.05, 3.63) is 16.1 Å². The predicted molar refractivity (Wildman–Crippen MR) is 96.5 cm³/mol. The Balaban J connectivity index is 1.47. The molecule has 1 saturated carbocycles. The van der Waals surface area contributed by atoms with Gasteiger partial charge in [-0.3, -0.25) is 4.79 Å². The SMILES string of the molecule is COC1(C(=O)NCCc2nc(C3CCCCC3)cs2)CCNCC1. The molecule has 134 valence electrons. The van der Waals surface area contributed by atoms with Crippen molar-refractivity contribution in [1.82, 2.24) is 15.6 Å². The van der Waals surface area contributed by atoms with E-state index in [2.05, 4.69) is 16.0 Å². The summed E-state index contributed by atoms with van der Waals surface area (Å²) in [6, 6.07) is 0.